The third-order valence-corrected chi connectivity index (χ3v) is 2.68. The first-order valence-electron chi connectivity index (χ1n) is 6.69. The smallest absolute Gasteiger partial charge is 0.132 e. The maximum atomic E-state index is 4.52. The molecule has 0 aliphatic carbocycles. The van der Waals surface area contributed by atoms with Crippen LogP contribution < -0.4 is 10.2 Å². The van der Waals surface area contributed by atoms with E-state index < -0.39 is 0 Å². The number of pyridine rings is 1. The fourth-order valence-corrected chi connectivity index (χ4v) is 1.91. The van der Waals surface area contributed by atoms with Crippen LogP contribution in [0.25, 0.3) is 0 Å². The zero-order chi connectivity index (χ0) is 13.8. The molecule has 1 aromatic rings. The molecular weight excluding hydrogens is 222 g/mol. The van der Waals surface area contributed by atoms with Crippen LogP contribution in [-0.4, -0.2) is 24.1 Å². The van der Waals surface area contributed by atoms with Gasteiger partial charge < -0.3 is 10.2 Å². The summed E-state index contributed by atoms with van der Waals surface area (Å²) < 4.78 is 0. The Bertz CT molecular complexity index is 366. The van der Waals surface area contributed by atoms with Crippen LogP contribution in [0.1, 0.15) is 40.2 Å². The highest BCUT2D eigenvalue weighted by Gasteiger charge is 2.13. The van der Waals surface area contributed by atoms with Gasteiger partial charge in [-0.3, -0.25) is 0 Å². The highest BCUT2D eigenvalue weighted by Crippen LogP contribution is 2.17. The quantitative estimate of drug-likeness (QED) is 0.869. The number of aromatic nitrogens is 1. The summed E-state index contributed by atoms with van der Waals surface area (Å²) in [4.78, 5) is 6.76. The van der Waals surface area contributed by atoms with Crippen LogP contribution in [0.3, 0.4) is 0 Å². The molecule has 0 saturated heterocycles. The van der Waals surface area contributed by atoms with Gasteiger partial charge in [0.2, 0.25) is 0 Å². The average Bonchev–Trinajstić information content (AvgIpc) is 2.25. The summed E-state index contributed by atoms with van der Waals surface area (Å²) in [5.74, 6) is 1.73. The van der Waals surface area contributed by atoms with Crippen molar-refractivity contribution in [1.82, 2.24) is 10.3 Å². The third-order valence-electron chi connectivity index (χ3n) is 2.68. The molecule has 1 aromatic heterocycles. The van der Waals surface area contributed by atoms with Crippen molar-refractivity contribution in [3.8, 4) is 0 Å². The van der Waals surface area contributed by atoms with Gasteiger partial charge in [0.05, 0.1) is 0 Å². The van der Waals surface area contributed by atoms with E-state index in [9.17, 15) is 0 Å². The van der Waals surface area contributed by atoms with E-state index in [0.29, 0.717) is 5.92 Å². The Morgan fingerprint density at radius 3 is 2.56 bits per heavy atom. The molecule has 0 atom stereocenters. The summed E-state index contributed by atoms with van der Waals surface area (Å²) in [5, 5.41) is 3.52. The van der Waals surface area contributed by atoms with Crippen LogP contribution in [0, 0.1) is 5.92 Å². The van der Waals surface area contributed by atoms with E-state index in [-0.39, 0.29) is 5.54 Å². The first-order valence-corrected chi connectivity index (χ1v) is 6.69. The molecule has 0 aromatic carbocycles. The molecule has 1 N–H and O–H groups in total. The van der Waals surface area contributed by atoms with Crippen LogP contribution in [0.2, 0.25) is 0 Å². The van der Waals surface area contributed by atoms with Gasteiger partial charge in [-0.15, -0.1) is 0 Å². The van der Waals surface area contributed by atoms with Crippen molar-refractivity contribution in [3.63, 3.8) is 0 Å². The molecule has 1 rings (SSSR count). The minimum atomic E-state index is 0.129. The van der Waals surface area contributed by atoms with E-state index in [1.165, 1.54) is 5.56 Å². The predicted molar refractivity (Wildman–Crippen MR) is 78.9 cm³/mol. The zero-order valence-electron chi connectivity index (χ0n) is 12.6. The van der Waals surface area contributed by atoms with Crippen molar-refractivity contribution >= 4 is 5.82 Å². The minimum absolute atomic E-state index is 0.129. The van der Waals surface area contributed by atoms with Gasteiger partial charge >= 0.3 is 0 Å². The molecule has 3 nitrogen and oxygen atoms in total. The molecule has 0 aliphatic heterocycles. The predicted octanol–water partition coefficient (Wildman–Crippen LogP) is 3.06. The molecule has 0 unspecified atom stereocenters. The number of rotatable bonds is 5. The van der Waals surface area contributed by atoms with Crippen molar-refractivity contribution < 1.29 is 0 Å². The SMILES string of the molecule is CC(C)CN(C)c1ncccc1CNC(C)(C)C. The highest BCUT2D eigenvalue weighted by atomic mass is 15.2. The fourth-order valence-electron chi connectivity index (χ4n) is 1.91. The van der Waals surface area contributed by atoms with Gasteiger partial charge in [0.25, 0.3) is 0 Å². The summed E-state index contributed by atoms with van der Waals surface area (Å²) in [7, 11) is 2.11. The molecular formula is C15H27N3. The largest absolute Gasteiger partial charge is 0.359 e. The lowest BCUT2D eigenvalue weighted by Gasteiger charge is -2.25. The summed E-state index contributed by atoms with van der Waals surface area (Å²) in [5.41, 5.74) is 1.39. The van der Waals surface area contributed by atoms with E-state index in [1.54, 1.807) is 0 Å². The van der Waals surface area contributed by atoms with Crippen LogP contribution in [-0.2, 0) is 6.54 Å². The first-order chi connectivity index (χ1) is 8.29. The molecule has 0 fully saturated rings. The van der Waals surface area contributed by atoms with Gasteiger partial charge in [-0.05, 0) is 32.8 Å². The Kier molecular flexibility index (Phi) is 5.15. The molecule has 0 saturated carbocycles. The van der Waals surface area contributed by atoms with Gasteiger partial charge in [-0.25, -0.2) is 4.98 Å². The first kappa shape index (κ1) is 15.0. The van der Waals surface area contributed by atoms with Gasteiger partial charge in [0, 0.05) is 37.4 Å². The van der Waals surface area contributed by atoms with Crippen LogP contribution >= 0.6 is 0 Å². The number of hydrogen-bond acceptors (Lipinski definition) is 3. The Labute approximate surface area is 112 Å². The Morgan fingerprint density at radius 1 is 1.33 bits per heavy atom. The molecule has 18 heavy (non-hydrogen) atoms. The second kappa shape index (κ2) is 6.19. The number of nitrogens with zero attached hydrogens (tertiary/aromatic N) is 2. The average molecular weight is 249 g/mol. The molecule has 0 radical (unpaired) electrons. The molecule has 0 amide bonds. The number of anilines is 1. The molecule has 102 valence electrons. The van der Waals surface area contributed by atoms with Gasteiger partial charge in [0.1, 0.15) is 5.82 Å². The second-order valence-corrected chi connectivity index (χ2v) is 6.36. The van der Waals surface area contributed by atoms with Crippen LogP contribution in [0.5, 0.6) is 0 Å². The zero-order valence-corrected chi connectivity index (χ0v) is 12.6. The highest BCUT2D eigenvalue weighted by molar-refractivity contribution is 5.45. The monoisotopic (exact) mass is 249 g/mol. The minimum Gasteiger partial charge on any atom is -0.359 e. The van der Waals surface area contributed by atoms with Crippen molar-refractivity contribution in [2.45, 2.75) is 46.7 Å². The summed E-state index contributed by atoms with van der Waals surface area (Å²) in [6.07, 6.45) is 1.87. The summed E-state index contributed by atoms with van der Waals surface area (Å²) >= 11 is 0. The maximum Gasteiger partial charge on any atom is 0.132 e. The second-order valence-electron chi connectivity index (χ2n) is 6.36. The third kappa shape index (κ3) is 5.05. The van der Waals surface area contributed by atoms with Crippen molar-refractivity contribution in [1.29, 1.82) is 0 Å². The molecule has 1 heterocycles. The number of nitrogens with one attached hydrogen (secondary N) is 1. The maximum absolute atomic E-state index is 4.52. The Hall–Kier alpha value is -1.09. The lowest BCUT2D eigenvalue weighted by atomic mass is 10.1. The summed E-state index contributed by atoms with van der Waals surface area (Å²) in [6.45, 7) is 12.9. The van der Waals surface area contributed by atoms with Crippen molar-refractivity contribution in [2.75, 3.05) is 18.5 Å². The Morgan fingerprint density at radius 2 is 2.00 bits per heavy atom. The standard InChI is InChI=1S/C15H27N3/c1-12(2)11-18(6)14-13(8-7-9-16-14)10-17-15(3,4)5/h7-9,12,17H,10-11H2,1-6H3. The van der Waals surface area contributed by atoms with Gasteiger partial charge in [-0.2, -0.15) is 0 Å². The lowest BCUT2D eigenvalue weighted by molar-refractivity contribution is 0.424. The topological polar surface area (TPSA) is 28.2 Å². The Balaban J connectivity index is 2.79. The van der Waals surface area contributed by atoms with Crippen molar-refractivity contribution in [2.24, 2.45) is 5.92 Å². The van der Waals surface area contributed by atoms with E-state index >= 15 is 0 Å². The summed E-state index contributed by atoms with van der Waals surface area (Å²) in [6, 6.07) is 4.16. The fraction of sp³-hybridized carbons (Fsp3) is 0.667. The molecule has 3 heteroatoms. The van der Waals surface area contributed by atoms with E-state index in [0.717, 1.165) is 18.9 Å². The molecule has 0 spiro atoms. The van der Waals surface area contributed by atoms with Crippen molar-refractivity contribution in [3.05, 3.63) is 23.9 Å². The molecule has 0 bridgehead atoms. The van der Waals surface area contributed by atoms with E-state index in [2.05, 4.69) is 62.9 Å². The van der Waals surface area contributed by atoms with Gasteiger partial charge in [-0.1, -0.05) is 19.9 Å². The van der Waals surface area contributed by atoms with Crippen LogP contribution in [0.4, 0.5) is 5.82 Å². The number of hydrogen-bond donors (Lipinski definition) is 1. The van der Waals surface area contributed by atoms with E-state index in [1.807, 2.05) is 12.3 Å². The molecule has 0 aliphatic rings. The van der Waals surface area contributed by atoms with E-state index in [4.69, 9.17) is 0 Å². The lowest BCUT2D eigenvalue weighted by Crippen LogP contribution is -2.36. The van der Waals surface area contributed by atoms with Gasteiger partial charge in [0.15, 0.2) is 0 Å². The normalized spacial score (nSPS) is 11.9. The van der Waals surface area contributed by atoms with Crippen LogP contribution in [0.15, 0.2) is 18.3 Å².